The predicted molar refractivity (Wildman–Crippen MR) is 62.1 cm³/mol. The van der Waals surface area contributed by atoms with E-state index < -0.39 is 5.91 Å². The van der Waals surface area contributed by atoms with Gasteiger partial charge in [0.2, 0.25) is 5.91 Å². The smallest absolute Gasteiger partial charge is 0.250 e. The molecule has 0 bridgehead atoms. The zero-order valence-corrected chi connectivity index (χ0v) is 9.26. The van der Waals surface area contributed by atoms with Crippen LogP contribution in [0.4, 0.5) is 5.82 Å². The Morgan fingerprint density at radius 1 is 1.50 bits per heavy atom. The van der Waals surface area contributed by atoms with Crippen LogP contribution in [0.3, 0.4) is 0 Å². The molecular formula is C11H16N4O. The molecule has 1 aromatic rings. The summed E-state index contributed by atoms with van der Waals surface area (Å²) in [7, 11) is 0. The number of carbonyl (C=O) groups is 1. The molecule has 16 heavy (non-hydrogen) atoms. The largest absolute Gasteiger partial charge is 0.366 e. The van der Waals surface area contributed by atoms with Gasteiger partial charge in [-0.05, 0) is 18.1 Å². The number of nitrogens with two attached hydrogens (primary N) is 2. The molecule has 1 aliphatic heterocycles. The lowest BCUT2D eigenvalue weighted by Gasteiger charge is -2.16. The quantitative estimate of drug-likeness (QED) is 0.732. The van der Waals surface area contributed by atoms with E-state index in [2.05, 4.69) is 16.8 Å². The van der Waals surface area contributed by atoms with Crippen molar-refractivity contribution in [3.8, 4) is 0 Å². The maximum atomic E-state index is 10.9. The number of carbonyl (C=O) groups excluding carboxylic acids is 1. The first kappa shape index (κ1) is 10.9. The van der Waals surface area contributed by atoms with E-state index in [1.165, 1.54) is 6.20 Å². The monoisotopic (exact) mass is 220 g/mol. The van der Waals surface area contributed by atoms with E-state index in [4.69, 9.17) is 11.5 Å². The molecule has 0 spiro atoms. The second kappa shape index (κ2) is 4.09. The van der Waals surface area contributed by atoms with Crippen LogP contribution >= 0.6 is 0 Å². The minimum Gasteiger partial charge on any atom is -0.366 e. The molecule has 1 amide bonds. The first-order chi connectivity index (χ1) is 7.58. The third kappa shape index (κ3) is 1.99. The van der Waals surface area contributed by atoms with Gasteiger partial charge in [0.25, 0.3) is 0 Å². The van der Waals surface area contributed by atoms with Crippen LogP contribution in [0.15, 0.2) is 18.3 Å². The Morgan fingerprint density at radius 2 is 2.25 bits per heavy atom. The minimum atomic E-state index is -0.453. The van der Waals surface area contributed by atoms with Crippen molar-refractivity contribution in [3.63, 3.8) is 0 Å². The molecule has 2 rings (SSSR count). The van der Waals surface area contributed by atoms with Crippen molar-refractivity contribution in [2.45, 2.75) is 13.0 Å². The van der Waals surface area contributed by atoms with Crippen LogP contribution in [0.2, 0.25) is 0 Å². The van der Waals surface area contributed by atoms with Crippen molar-refractivity contribution >= 4 is 11.7 Å². The molecule has 4 N–H and O–H groups in total. The number of aromatic nitrogens is 1. The maximum absolute atomic E-state index is 10.9. The summed E-state index contributed by atoms with van der Waals surface area (Å²) in [6.07, 6.45) is 1.51. The van der Waals surface area contributed by atoms with E-state index in [-0.39, 0.29) is 6.04 Å². The topological polar surface area (TPSA) is 85.2 Å². The average Bonchev–Trinajstić information content (AvgIpc) is 2.59. The van der Waals surface area contributed by atoms with Gasteiger partial charge in [0, 0.05) is 25.3 Å². The van der Waals surface area contributed by atoms with Gasteiger partial charge in [-0.1, -0.05) is 6.92 Å². The third-order valence-electron chi connectivity index (χ3n) is 3.03. The molecule has 5 heteroatoms. The highest BCUT2D eigenvalue weighted by molar-refractivity contribution is 5.92. The summed E-state index contributed by atoms with van der Waals surface area (Å²) >= 11 is 0. The fourth-order valence-electron chi connectivity index (χ4n) is 1.90. The molecule has 2 heterocycles. The van der Waals surface area contributed by atoms with E-state index >= 15 is 0 Å². The van der Waals surface area contributed by atoms with Crippen LogP contribution < -0.4 is 16.4 Å². The third-order valence-corrected chi connectivity index (χ3v) is 3.03. The van der Waals surface area contributed by atoms with Crippen LogP contribution in [-0.4, -0.2) is 30.0 Å². The SMILES string of the molecule is CC1CN(c2ccc(C(N)=O)cn2)CC1N. The van der Waals surface area contributed by atoms with Gasteiger partial charge < -0.3 is 16.4 Å². The Balaban J connectivity index is 2.14. The Kier molecular flexibility index (Phi) is 2.78. The molecule has 0 radical (unpaired) electrons. The van der Waals surface area contributed by atoms with Crippen molar-refractivity contribution in [3.05, 3.63) is 23.9 Å². The molecule has 0 aliphatic carbocycles. The van der Waals surface area contributed by atoms with Gasteiger partial charge in [0.15, 0.2) is 0 Å². The van der Waals surface area contributed by atoms with Crippen molar-refractivity contribution in [2.75, 3.05) is 18.0 Å². The van der Waals surface area contributed by atoms with Crippen molar-refractivity contribution < 1.29 is 4.79 Å². The van der Waals surface area contributed by atoms with Gasteiger partial charge in [-0.3, -0.25) is 4.79 Å². The summed E-state index contributed by atoms with van der Waals surface area (Å²) in [5.41, 5.74) is 11.5. The first-order valence-electron chi connectivity index (χ1n) is 5.34. The van der Waals surface area contributed by atoms with E-state index in [9.17, 15) is 4.79 Å². The van der Waals surface area contributed by atoms with Crippen molar-refractivity contribution in [1.29, 1.82) is 0 Å². The van der Waals surface area contributed by atoms with E-state index in [0.29, 0.717) is 11.5 Å². The van der Waals surface area contributed by atoms with Crippen LogP contribution in [-0.2, 0) is 0 Å². The molecule has 2 atom stereocenters. The minimum absolute atomic E-state index is 0.192. The molecule has 1 fully saturated rings. The van der Waals surface area contributed by atoms with Crippen LogP contribution in [0.1, 0.15) is 17.3 Å². The van der Waals surface area contributed by atoms with Crippen LogP contribution in [0.25, 0.3) is 0 Å². The average molecular weight is 220 g/mol. The molecule has 1 saturated heterocycles. The number of primary amides is 1. The normalized spacial score (nSPS) is 24.8. The Labute approximate surface area is 94.4 Å². The van der Waals surface area contributed by atoms with E-state index in [1.54, 1.807) is 6.07 Å². The number of anilines is 1. The van der Waals surface area contributed by atoms with E-state index in [0.717, 1.165) is 18.9 Å². The molecular weight excluding hydrogens is 204 g/mol. The summed E-state index contributed by atoms with van der Waals surface area (Å²) in [4.78, 5) is 17.2. The molecule has 1 aromatic heterocycles. The van der Waals surface area contributed by atoms with Gasteiger partial charge in [-0.2, -0.15) is 0 Å². The number of nitrogens with zero attached hydrogens (tertiary/aromatic N) is 2. The Hall–Kier alpha value is -1.62. The summed E-state index contributed by atoms with van der Waals surface area (Å²) in [5, 5.41) is 0. The highest BCUT2D eigenvalue weighted by Crippen LogP contribution is 2.20. The fourth-order valence-corrected chi connectivity index (χ4v) is 1.90. The molecule has 86 valence electrons. The number of pyridine rings is 1. The molecule has 2 unspecified atom stereocenters. The Bertz CT molecular complexity index is 379. The van der Waals surface area contributed by atoms with Crippen molar-refractivity contribution in [2.24, 2.45) is 17.4 Å². The molecule has 0 aromatic carbocycles. The second-order valence-electron chi connectivity index (χ2n) is 4.32. The lowest BCUT2D eigenvalue weighted by Crippen LogP contribution is -2.28. The van der Waals surface area contributed by atoms with Gasteiger partial charge in [-0.15, -0.1) is 0 Å². The predicted octanol–water partition coefficient (Wildman–Crippen LogP) is -0.0361. The summed E-state index contributed by atoms with van der Waals surface area (Å²) < 4.78 is 0. The van der Waals surface area contributed by atoms with Crippen molar-refractivity contribution in [1.82, 2.24) is 4.98 Å². The van der Waals surface area contributed by atoms with E-state index in [1.807, 2.05) is 6.07 Å². The van der Waals surface area contributed by atoms with Crippen LogP contribution in [0, 0.1) is 5.92 Å². The molecule has 0 saturated carbocycles. The molecule has 5 nitrogen and oxygen atoms in total. The standard InChI is InChI=1S/C11H16N4O/c1-7-5-15(6-9(7)12)10-3-2-8(4-14-10)11(13)16/h2-4,7,9H,5-6,12H2,1H3,(H2,13,16). The zero-order chi connectivity index (χ0) is 11.7. The Morgan fingerprint density at radius 3 is 2.69 bits per heavy atom. The summed E-state index contributed by atoms with van der Waals surface area (Å²) in [6.45, 7) is 3.84. The maximum Gasteiger partial charge on any atom is 0.250 e. The highest BCUT2D eigenvalue weighted by atomic mass is 16.1. The first-order valence-corrected chi connectivity index (χ1v) is 5.34. The highest BCUT2D eigenvalue weighted by Gasteiger charge is 2.27. The number of hydrogen-bond donors (Lipinski definition) is 2. The lowest BCUT2D eigenvalue weighted by atomic mass is 10.1. The summed E-state index contributed by atoms with van der Waals surface area (Å²) in [6, 6.07) is 3.70. The second-order valence-corrected chi connectivity index (χ2v) is 4.32. The fraction of sp³-hybridized carbons (Fsp3) is 0.455. The molecule has 1 aliphatic rings. The van der Waals surface area contributed by atoms with Gasteiger partial charge >= 0.3 is 0 Å². The number of amides is 1. The summed E-state index contributed by atoms with van der Waals surface area (Å²) in [5.74, 6) is 0.868. The van der Waals surface area contributed by atoms with Gasteiger partial charge in [0.05, 0.1) is 5.56 Å². The lowest BCUT2D eigenvalue weighted by molar-refractivity contribution is 0.1000. The number of hydrogen-bond acceptors (Lipinski definition) is 4. The van der Waals surface area contributed by atoms with Gasteiger partial charge in [-0.25, -0.2) is 4.98 Å². The number of rotatable bonds is 2. The zero-order valence-electron chi connectivity index (χ0n) is 9.26. The van der Waals surface area contributed by atoms with Crippen LogP contribution in [0.5, 0.6) is 0 Å². The van der Waals surface area contributed by atoms with Gasteiger partial charge in [0.1, 0.15) is 5.82 Å².